The molecule has 0 aromatic carbocycles. The molecule has 0 N–H and O–H groups in total. The summed E-state index contributed by atoms with van der Waals surface area (Å²) in [4.78, 5) is 20.1. The monoisotopic (exact) mass is 303 g/mol. The molecule has 1 atom stereocenters. The van der Waals surface area contributed by atoms with Gasteiger partial charge in [0, 0.05) is 17.3 Å². The Kier molecular flexibility index (Phi) is 4.61. The van der Waals surface area contributed by atoms with Crippen molar-refractivity contribution in [2.45, 2.75) is 12.8 Å². The molecule has 0 amide bonds. The van der Waals surface area contributed by atoms with Crippen molar-refractivity contribution in [2.24, 2.45) is 0 Å². The van der Waals surface area contributed by atoms with E-state index in [4.69, 9.17) is 16.9 Å². The molecule has 100 valence electrons. The van der Waals surface area contributed by atoms with Crippen LogP contribution in [0.3, 0.4) is 0 Å². The van der Waals surface area contributed by atoms with E-state index >= 15 is 0 Å². The van der Waals surface area contributed by atoms with E-state index in [0.29, 0.717) is 10.2 Å². The molecule has 0 saturated carbocycles. The highest BCUT2D eigenvalue weighted by Crippen LogP contribution is 2.21. The number of pyridine rings is 1. The first-order valence-electron chi connectivity index (χ1n) is 5.75. The Bertz CT molecular complexity index is 685. The van der Waals surface area contributed by atoms with E-state index in [1.54, 1.807) is 24.4 Å². The van der Waals surface area contributed by atoms with Crippen LogP contribution in [-0.2, 0) is 4.79 Å². The lowest BCUT2D eigenvalue weighted by Gasteiger charge is -2.00. The third-order valence-electron chi connectivity index (χ3n) is 2.49. The van der Waals surface area contributed by atoms with Crippen molar-refractivity contribution in [3.8, 4) is 6.07 Å². The maximum atomic E-state index is 12.0. The SMILES string of the molecule is Cc1csc(C(C#N)C(=O)C=Cc2ccc(Cl)nc2)n1. The van der Waals surface area contributed by atoms with Gasteiger partial charge in [-0.15, -0.1) is 11.3 Å². The topological polar surface area (TPSA) is 66.6 Å². The van der Waals surface area contributed by atoms with E-state index in [0.717, 1.165) is 11.3 Å². The molecule has 1 unspecified atom stereocenters. The van der Waals surface area contributed by atoms with Crippen LogP contribution in [0.4, 0.5) is 0 Å². The zero-order valence-electron chi connectivity index (χ0n) is 10.6. The average molecular weight is 304 g/mol. The van der Waals surface area contributed by atoms with Gasteiger partial charge in [0.2, 0.25) is 0 Å². The summed E-state index contributed by atoms with van der Waals surface area (Å²) in [6, 6.07) is 5.37. The maximum absolute atomic E-state index is 12.0. The molecule has 0 aliphatic carbocycles. The fourth-order valence-corrected chi connectivity index (χ4v) is 2.46. The van der Waals surface area contributed by atoms with Crippen LogP contribution in [0, 0.1) is 18.3 Å². The third-order valence-corrected chi connectivity index (χ3v) is 3.74. The number of aryl methyl sites for hydroxylation is 1. The molecule has 4 nitrogen and oxygen atoms in total. The smallest absolute Gasteiger partial charge is 0.179 e. The van der Waals surface area contributed by atoms with Crippen LogP contribution in [0.25, 0.3) is 6.08 Å². The van der Waals surface area contributed by atoms with Gasteiger partial charge in [0.25, 0.3) is 0 Å². The number of ketones is 1. The summed E-state index contributed by atoms with van der Waals surface area (Å²) < 4.78 is 0. The van der Waals surface area contributed by atoms with Gasteiger partial charge in [-0.2, -0.15) is 5.26 Å². The van der Waals surface area contributed by atoms with Crippen LogP contribution in [0.15, 0.2) is 29.8 Å². The first-order chi connectivity index (χ1) is 9.60. The number of rotatable bonds is 4. The number of halogens is 1. The number of carbonyl (C=O) groups excluding carboxylic acids is 1. The zero-order valence-corrected chi connectivity index (χ0v) is 12.1. The van der Waals surface area contributed by atoms with E-state index < -0.39 is 5.92 Å². The molecule has 0 saturated heterocycles. The molecule has 0 aliphatic heterocycles. The highest BCUT2D eigenvalue weighted by molar-refractivity contribution is 7.10. The number of aromatic nitrogens is 2. The number of nitrogens with zero attached hydrogens (tertiary/aromatic N) is 3. The molecular weight excluding hydrogens is 294 g/mol. The van der Waals surface area contributed by atoms with Crippen LogP contribution in [0.5, 0.6) is 0 Å². The lowest BCUT2D eigenvalue weighted by atomic mass is 10.1. The van der Waals surface area contributed by atoms with Crippen molar-refractivity contribution >= 4 is 34.8 Å². The Balaban J connectivity index is 2.14. The Morgan fingerprint density at radius 3 is 2.90 bits per heavy atom. The van der Waals surface area contributed by atoms with Crippen molar-refractivity contribution in [1.82, 2.24) is 9.97 Å². The Morgan fingerprint density at radius 1 is 1.55 bits per heavy atom. The largest absolute Gasteiger partial charge is 0.293 e. The minimum atomic E-state index is -0.856. The molecule has 6 heteroatoms. The van der Waals surface area contributed by atoms with E-state index in [1.807, 2.05) is 18.4 Å². The van der Waals surface area contributed by atoms with Crippen molar-refractivity contribution in [2.75, 3.05) is 0 Å². The molecule has 0 aliphatic rings. The number of hydrogen-bond acceptors (Lipinski definition) is 5. The fraction of sp³-hybridized carbons (Fsp3) is 0.143. The molecule has 0 bridgehead atoms. The molecule has 0 fully saturated rings. The van der Waals surface area contributed by atoms with Crippen molar-refractivity contribution in [1.29, 1.82) is 5.26 Å². The standard InChI is InChI=1S/C14H10ClN3OS/c1-9-8-20-14(18-9)11(6-16)12(19)4-2-10-3-5-13(15)17-7-10/h2-5,7-8,11H,1H3. The normalized spacial score (nSPS) is 12.2. The van der Waals surface area contributed by atoms with Crippen LogP contribution in [-0.4, -0.2) is 15.8 Å². The van der Waals surface area contributed by atoms with E-state index in [1.165, 1.54) is 17.4 Å². The molecule has 2 heterocycles. The highest BCUT2D eigenvalue weighted by Gasteiger charge is 2.20. The lowest BCUT2D eigenvalue weighted by molar-refractivity contribution is -0.114. The molecule has 0 radical (unpaired) electrons. The summed E-state index contributed by atoms with van der Waals surface area (Å²) in [6.45, 7) is 1.83. The van der Waals surface area contributed by atoms with Gasteiger partial charge in [-0.25, -0.2) is 9.97 Å². The van der Waals surface area contributed by atoms with Gasteiger partial charge in [0.15, 0.2) is 11.7 Å². The molecule has 20 heavy (non-hydrogen) atoms. The minimum Gasteiger partial charge on any atom is -0.293 e. The van der Waals surface area contributed by atoms with E-state index in [2.05, 4.69) is 9.97 Å². The summed E-state index contributed by atoms with van der Waals surface area (Å²) in [5.41, 5.74) is 1.55. The predicted octanol–water partition coefficient (Wildman–Crippen LogP) is 3.39. The van der Waals surface area contributed by atoms with E-state index in [-0.39, 0.29) is 5.78 Å². The van der Waals surface area contributed by atoms with Crippen molar-refractivity contribution in [3.63, 3.8) is 0 Å². The lowest BCUT2D eigenvalue weighted by Crippen LogP contribution is -2.07. The highest BCUT2D eigenvalue weighted by atomic mass is 35.5. The van der Waals surface area contributed by atoms with Gasteiger partial charge in [0.1, 0.15) is 10.2 Å². The Labute approximate surface area is 125 Å². The Hall–Kier alpha value is -2.03. The number of carbonyl (C=O) groups is 1. The molecule has 2 rings (SSSR count). The van der Waals surface area contributed by atoms with Gasteiger partial charge < -0.3 is 0 Å². The number of nitriles is 1. The van der Waals surface area contributed by atoms with Gasteiger partial charge in [-0.3, -0.25) is 4.79 Å². The quantitative estimate of drug-likeness (QED) is 0.641. The van der Waals surface area contributed by atoms with Crippen molar-refractivity contribution in [3.05, 3.63) is 51.2 Å². The molecule has 2 aromatic heterocycles. The fourth-order valence-electron chi connectivity index (χ4n) is 1.51. The zero-order chi connectivity index (χ0) is 14.5. The summed E-state index contributed by atoms with van der Waals surface area (Å²) >= 11 is 6.99. The average Bonchev–Trinajstić information content (AvgIpc) is 2.85. The second-order valence-electron chi connectivity index (χ2n) is 4.04. The first kappa shape index (κ1) is 14.4. The van der Waals surface area contributed by atoms with Crippen LogP contribution < -0.4 is 0 Å². The van der Waals surface area contributed by atoms with Gasteiger partial charge in [-0.1, -0.05) is 17.7 Å². The predicted molar refractivity (Wildman–Crippen MR) is 78.5 cm³/mol. The summed E-state index contributed by atoms with van der Waals surface area (Å²) in [7, 11) is 0. The number of allylic oxidation sites excluding steroid dienone is 1. The molecular formula is C14H10ClN3OS. The van der Waals surface area contributed by atoms with Gasteiger partial charge >= 0.3 is 0 Å². The van der Waals surface area contributed by atoms with Crippen LogP contribution in [0.1, 0.15) is 22.2 Å². The Morgan fingerprint density at radius 2 is 2.35 bits per heavy atom. The summed E-state index contributed by atoms with van der Waals surface area (Å²) in [6.07, 6.45) is 4.53. The number of hydrogen-bond donors (Lipinski definition) is 0. The molecule has 2 aromatic rings. The number of thiazole rings is 1. The second kappa shape index (κ2) is 6.42. The third kappa shape index (κ3) is 3.50. The maximum Gasteiger partial charge on any atom is 0.179 e. The summed E-state index contributed by atoms with van der Waals surface area (Å²) in [5, 5.41) is 11.9. The minimum absolute atomic E-state index is 0.295. The molecule has 0 spiro atoms. The van der Waals surface area contributed by atoms with Crippen molar-refractivity contribution < 1.29 is 4.79 Å². The van der Waals surface area contributed by atoms with E-state index in [9.17, 15) is 4.79 Å². The second-order valence-corrected chi connectivity index (χ2v) is 5.32. The van der Waals surface area contributed by atoms with Gasteiger partial charge in [-0.05, 0) is 30.7 Å². The van der Waals surface area contributed by atoms with Crippen LogP contribution in [0.2, 0.25) is 5.15 Å². The first-order valence-corrected chi connectivity index (χ1v) is 7.01. The van der Waals surface area contributed by atoms with Crippen LogP contribution >= 0.6 is 22.9 Å². The van der Waals surface area contributed by atoms with Gasteiger partial charge in [0.05, 0.1) is 6.07 Å². The summed E-state index contributed by atoms with van der Waals surface area (Å²) in [5.74, 6) is -1.15.